The molecule has 0 aliphatic heterocycles. The summed E-state index contributed by atoms with van der Waals surface area (Å²) in [6.07, 6.45) is 6.01. The van der Waals surface area contributed by atoms with Crippen LogP contribution in [0.2, 0.25) is 0 Å². The van der Waals surface area contributed by atoms with E-state index in [0.717, 1.165) is 42.4 Å². The fraction of sp³-hybridized carbons (Fsp3) is 0.200. The Balaban J connectivity index is 1.47. The van der Waals surface area contributed by atoms with Crippen LogP contribution >= 0.6 is 11.8 Å². The number of benzene rings is 2. The van der Waals surface area contributed by atoms with Gasteiger partial charge in [-0.15, -0.1) is 0 Å². The number of aromatic nitrogens is 1. The fourth-order valence-electron chi connectivity index (χ4n) is 3.00. The van der Waals surface area contributed by atoms with Crippen LogP contribution in [0.3, 0.4) is 0 Å². The van der Waals surface area contributed by atoms with E-state index in [-0.39, 0.29) is 5.69 Å². The third-order valence-corrected chi connectivity index (χ3v) is 5.50. The lowest BCUT2D eigenvalue weighted by Crippen LogP contribution is -2.00. The van der Waals surface area contributed by atoms with Crippen LogP contribution in [0.4, 0.5) is 11.4 Å². The van der Waals surface area contributed by atoms with Crippen molar-refractivity contribution in [3.05, 3.63) is 69.1 Å². The fourth-order valence-corrected chi connectivity index (χ4v) is 4.02. The van der Waals surface area contributed by atoms with E-state index >= 15 is 0 Å². The minimum absolute atomic E-state index is 0.0570. The van der Waals surface area contributed by atoms with Crippen molar-refractivity contribution >= 4 is 40.5 Å². The Bertz CT molecular complexity index is 1020. The van der Waals surface area contributed by atoms with Crippen LogP contribution in [0.1, 0.15) is 25.7 Å². The number of fused-ring (bicyclic) bond motifs is 1. The second-order valence-electron chi connectivity index (χ2n) is 6.38. The number of thioether (sulfide) groups is 1. The predicted molar refractivity (Wildman–Crippen MR) is 111 cm³/mol. The van der Waals surface area contributed by atoms with Crippen molar-refractivity contribution in [2.75, 3.05) is 5.43 Å². The average Bonchev–Trinajstić information content (AvgIpc) is 3.12. The third-order valence-electron chi connectivity index (χ3n) is 4.44. The standard InChI is InChI=1S/C20H18N4O3S/c25-24(26)16-11-9-15(10-12-16)23-21-13-14-5-1-4-8-19(14)28-20-22-17-6-2-3-7-18(17)27-20/h2-3,6-7,9-13,23H,1,4-5,8H2/b21-13-. The average molecular weight is 394 g/mol. The van der Waals surface area contributed by atoms with Gasteiger partial charge in [-0.1, -0.05) is 12.1 Å². The van der Waals surface area contributed by atoms with Gasteiger partial charge in [-0.2, -0.15) is 5.10 Å². The lowest BCUT2D eigenvalue weighted by atomic mass is 10.0. The Kier molecular flexibility index (Phi) is 5.38. The summed E-state index contributed by atoms with van der Waals surface area (Å²) < 4.78 is 5.83. The van der Waals surface area contributed by atoms with Gasteiger partial charge in [0.1, 0.15) is 5.52 Å². The summed E-state index contributed by atoms with van der Waals surface area (Å²) in [6, 6.07) is 13.9. The number of nitrogens with one attached hydrogen (secondary N) is 1. The minimum atomic E-state index is -0.421. The molecule has 0 amide bonds. The number of nitrogens with zero attached hydrogens (tertiary/aromatic N) is 3. The third kappa shape index (κ3) is 4.23. The number of allylic oxidation sites excluding steroid dienone is 2. The number of nitro groups is 1. The second kappa shape index (κ2) is 8.26. The van der Waals surface area contributed by atoms with Gasteiger partial charge in [-0.25, -0.2) is 4.98 Å². The van der Waals surface area contributed by atoms with Crippen molar-refractivity contribution in [2.45, 2.75) is 30.9 Å². The van der Waals surface area contributed by atoms with Gasteiger partial charge in [0.2, 0.25) is 0 Å². The summed E-state index contributed by atoms with van der Waals surface area (Å²) in [5.74, 6) is 0. The number of nitro benzene ring substituents is 1. The summed E-state index contributed by atoms with van der Waals surface area (Å²) in [5.41, 5.74) is 6.49. The minimum Gasteiger partial charge on any atom is -0.431 e. The van der Waals surface area contributed by atoms with Crippen molar-refractivity contribution < 1.29 is 9.34 Å². The summed E-state index contributed by atoms with van der Waals surface area (Å²) >= 11 is 1.56. The molecule has 0 fully saturated rings. The molecule has 0 atom stereocenters. The monoisotopic (exact) mass is 394 g/mol. The molecule has 0 unspecified atom stereocenters. The molecule has 7 nitrogen and oxygen atoms in total. The first-order valence-electron chi connectivity index (χ1n) is 8.98. The van der Waals surface area contributed by atoms with Gasteiger partial charge >= 0.3 is 0 Å². The number of oxazole rings is 1. The topological polar surface area (TPSA) is 93.6 Å². The molecule has 28 heavy (non-hydrogen) atoms. The Morgan fingerprint density at radius 1 is 1.14 bits per heavy atom. The van der Waals surface area contributed by atoms with E-state index in [9.17, 15) is 10.1 Å². The lowest BCUT2D eigenvalue weighted by Gasteiger charge is -2.15. The van der Waals surface area contributed by atoms with Gasteiger partial charge in [-0.3, -0.25) is 15.5 Å². The number of non-ortho nitro benzene ring substituents is 1. The molecule has 1 N–H and O–H groups in total. The zero-order valence-corrected chi connectivity index (χ0v) is 15.8. The van der Waals surface area contributed by atoms with Crippen molar-refractivity contribution in [1.82, 2.24) is 4.98 Å². The number of para-hydroxylation sites is 2. The molecule has 142 valence electrons. The highest BCUT2D eigenvalue weighted by atomic mass is 32.2. The highest BCUT2D eigenvalue weighted by Crippen LogP contribution is 2.37. The number of anilines is 1. The van der Waals surface area contributed by atoms with Crippen LogP contribution in [0.5, 0.6) is 0 Å². The molecule has 1 aliphatic rings. The summed E-state index contributed by atoms with van der Waals surface area (Å²) in [4.78, 5) is 16.0. The Labute approximate surface area is 165 Å². The van der Waals surface area contributed by atoms with Crippen molar-refractivity contribution in [1.29, 1.82) is 0 Å². The molecule has 8 heteroatoms. The van der Waals surface area contributed by atoms with E-state index in [2.05, 4.69) is 15.5 Å². The largest absolute Gasteiger partial charge is 0.431 e. The molecular formula is C20H18N4O3S. The maximum atomic E-state index is 10.7. The van der Waals surface area contributed by atoms with Gasteiger partial charge in [0.05, 0.1) is 16.8 Å². The molecule has 1 aromatic heterocycles. The molecule has 0 saturated carbocycles. The van der Waals surface area contributed by atoms with E-state index in [1.807, 2.05) is 30.5 Å². The molecule has 0 bridgehead atoms. The van der Waals surface area contributed by atoms with Crippen LogP contribution in [0, 0.1) is 10.1 Å². The molecule has 0 spiro atoms. The summed E-state index contributed by atoms with van der Waals surface area (Å²) in [5, 5.41) is 15.7. The normalized spacial score (nSPS) is 14.7. The molecule has 1 heterocycles. The van der Waals surface area contributed by atoms with Crippen LogP contribution in [-0.2, 0) is 0 Å². The molecule has 2 aromatic carbocycles. The number of hydrazone groups is 1. The first-order chi connectivity index (χ1) is 13.7. The van der Waals surface area contributed by atoms with Crippen LogP contribution in [0.25, 0.3) is 11.1 Å². The van der Waals surface area contributed by atoms with E-state index in [1.165, 1.54) is 17.0 Å². The second-order valence-corrected chi connectivity index (χ2v) is 7.43. The Morgan fingerprint density at radius 3 is 2.71 bits per heavy atom. The Hall–Kier alpha value is -3.13. The van der Waals surface area contributed by atoms with Gasteiger partial charge in [0.15, 0.2) is 5.58 Å². The van der Waals surface area contributed by atoms with Crippen molar-refractivity contribution in [2.24, 2.45) is 5.10 Å². The highest BCUT2D eigenvalue weighted by molar-refractivity contribution is 8.02. The smallest absolute Gasteiger partial charge is 0.269 e. The maximum absolute atomic E-state index is 10.7. The quantitative estimate of drug-likeness (QED) is 0.325. The van der Waals surface area contributed by atoms with Crippen molar-refractivity contribution in [3.63, 3.8) is 0 Å². The van der Waals surface area contributed by atoms with Crippen LogP contribution in [0.15, 0.2) is 73.8 Å². The van der Waals surface area contributed by atoms with Gasteiger partial charge in [0.25, 0.3) is 10.9 Å². The number of hydrogen-bond donors (Lipinski definition) is 1. The first kappa shape index (κ1) is 18.2. The molecule has 4 rings (SSSR count). The SMILES string of the molecule is O=[N+]([O-])c1ccc(N/N=C\C2=C(Sc3nc4ccccc4o3)CCCC2)cc1. The molecular weight excluding hydrogens is 376 g/mol. The number of hydrogen-bond acceptors (Lipinski definition) is 7. The number of rotatable bonds is 6. The lowest BCUT2D eigenvalue weighted by molar-refractivity contribution is -0.384. The van der Waals surface area contributed by atoms with Gasteiger partial charge in [-0.05, 0) is 72.2 Å². The zero-order valence-electron chi connectivity index (χ0n) is 15.0. The maximum Gasteiger partial charge on any atom is 0.269 e. The highest BCUT2D eigenvalue weighted by Gasteiger charge is 2.16. The van der Waals surface area contributed by atoms with E-state index in [4.69, 9.17) is 4.42 Å². The van der Waals surface area contributed by atoms with Gasteiger partial charge < -0.3 is 4.42 Å². The summed E-state index contributed by atoms with van der Waals surface area (Å²) in [6.45, 7) is 0. The molecule has 3 aromatic rings. The molecule has 1 aliphatic carbocycles. The Morgan fingerprint density at radius 2 is 1.93 bits per heavy atom. The molecule has 0 saturated heterocycles. The molecule has 0 radical (unpaired) electrons. The van der Waals surface area contributed by atoms with E-state index < -0.39 is 4.92 Å². The summed E-state index contributed by atoms with van der Waals surface area (Å²) in [7, 11) is 0. The van der Waals surface area contributed by atoms with Crippen molar-refractivity contribution in [3.8, 4) is 0 Å². The van der Waals surface area contributed by atoms with Crippen LogP contribution in [-0.4, -0.2) is 16.1 Å². The predicted octanol–water partition coefficient (Wildman–Crippen LogP) is 5.75. The van der Waals surface area contributed by atoms with E-state index in [0.29, 0.717) is 10.9 Å². The van der Waals surface area contributed by atoms with Crippen LogP contribution < -0.4 is 5.43 Å². The zero-order chi connectivity index (χ0) is 19.3. The van der Waals surface area contributed by atoms with E-state index in [1.54, 1.807) is 23.9 Å². The van der Waals surface area contributed by atoms with Gasteiger partial charge in [0, 0.05) is 12.1 Å². The first-order valence-corrected chi connectivity index (χ1v) is 9.80.